The third kappa shape index (κ3) is 4.44. The van der Waals surface area contributed by atoms with Gasteiger partial charge in [0.15, 0.2) is 5.78 Å². The van der Waals surface area contributed by atoms with E-state index in [-0.39, 0.29) is 12.2 Å². The van der Waals surface area contributed by atoms with E-state index in [1.54, 1.807) is 18.6 Å². The van der Waals surface area contributed by atoms with Gasteiger partial charge in [0, 0.05) is 25.0 Å². The molecule has 0 amide bonds. The van der Waals surface area contributed by atoms with Crippen LogP contribution >= 0.6 is 0 Å². The van der Waals surface area contributed by atoms with Gasteiger partial charge in [-0.25, -0.2) is 9.97 Å². The number of carbonyl (C=O) groups excluding carboxylic acids is 1. The molecule has 0 fully saturated rings. The lowest BCUT2D eigenvalue weighted by Crippen LogP contribution is -2.09. The van der Waals surface area contributed by atoms with E-state index in [2.05, 4.69) is 30.2 Å². The maximum atomic E-state index is 12.6. The van der Waals surface area contributed by atoms with Gasteiger partial charge in [0.1, 0.15) is 17.2 Å². The number of rotatable bonds is 7. The van der Waals surface area contributed by atoms with Crippen LogP contribution in [0.3, 0.4) is 0 Å². The predicted molar refractivity (Wildman–Crippen MR) is 110 cm³/mol. The third-order valence-corrected chi connectivity index (χ3v) is 4.36. The molecule has 0 spiro atoms. The minimum atomic E-state index is -0.0999. The summed E-state index contributed by atoms with van der Waals surface area (Å²) in [6, 6.07) is 11.2. The number of H-pyrrole nitrogens is 1. The van der Waals surface area contributed by atoms with E-state index < -0.39 is 0 Å². The quantitative estimate of drug-likeness (QED) is 0.418. The van der Waals surface area contributed by atoms with Gasteiger partial charge in [-0.2, -0.15) is 0 Å². The molecule has 4 aromatic heterocycles. The van der Waals surface area contributed by atoms with Gasteiger partial charge in [-0.1, -0.05) is 0 Å². The van der Waals surface area contributed by atoms with Crippen LogP contribution in [-0.2, 0) is 13.0 Å². The summed E-state index contributed by atoms with van der Waals surface area (Å²) >= 11 is 0. The van der Waals surface area contributed by atoms with Gasteiger partial charge < -0.3 is 16.0 Å². The Labute approximate surface area is 167 Å². The van der Waals surface area contributed by atoms with Crippen molar-refractivity contribution in [1.82, 2.24) is 24.9 Å². The summed E-state index contributed by atoms with van der Waals surface area (Å²) < 4.78 is 0. The van der Waals surface area contributed by atoms with Gasteiger partial charge in [0.05, 0.1) is 36.0 Å². The highest BCUT2D eigenvalue weighted by Gasteiger charge is 2.11. The van der Waals surface area contributed by atoms with Crippen molar-refractivity contribution in [2.45, 2.75) is 13.0 Å². The molecule has 0 saturated heterocycles. The first-order valence-electron chi connectivity index (χ1n) is 9.06. The number of Topliss-reactive ketones (excluding diaryl/α,β-unsaturated/α-hetero) is 1. The molecule has 0 saturated carbocycles. The summed E-state index contributed by atoms with van der Waals surface area (Å²) in [4.78, 5) is 32.6. The fourth-order valence-corrected chi connectivity index (χ4v) is 2.86. The van der Waals surface area contributed by atoms with Gasteiger partial charge in [0.2, 0.25) is 0 Å². The third-order valence-electron chi connectivity index (χ3n) is 4.36. The van der Waals surface area contributed by atoms with Gasteiger partial charge in [-0.3, -0.25) is 14.8 Å². The lowest BCUT2D eigenvalue weighted by atomic mass is 10.1. The van der Waals surface area contributed by atoms with Crippen LogP contribution in [-0.4, -0.2) is 30.7 Å². The lowest BCUT2D eigenvalue weighted by Gasteiger charge is -2.09. The van der Waals surface area contributed by atoms with Gasteiger partial charge in [0.25, 0.3) is 0 Å². The van der Waals surface area contributed by atoms with E-state index in [4.69, 9.17) is 5.73 Å². The highest BCUT2D eigenvalue weighted by Crippen LogP contribution is 2.16. The molecule has 8 nitrogen and oxygen atoms in total. The molecular weight excluding hydrogens is 366 g/mol. The summed E-state index contributed by atoms with van der Waals surface area (Å²) in [7, 11) is 0. The van der Waals surface area contributed by atoms with E-state index in [9.17, 15) is 4.79 Å². The first kappa shape index (κ1) is 18.3. The monoisotopic (exact) mass is 385 g/mol. The number of nitrogens with one attached hydrogen (secondary N) is 2. The van der Waals surface area contributed by atoms with Crippen molar-refractivity contribution in [3.63, 3.8) is 0 Å². The number of anilines is 2. The Morgan fingerprint density at radius 1 is 1.03 bits per heavy atom. The summed E-state index contributed by atoms with van der Waals surface area (Å²) in [5.41, 5.74) is 10.1. The molecule has 4 aromatic rings. The predicted octanol–water partition coefficient (Wildman–Crippen LogP) is 2.88. The van der Waals surface area contributed by atoms with Crippen LogP contribution in [0.4, 0.5) is 11.5 Å². The van der Waals surface area contributed by atoms with Crippen molar-refractivity contribution in [1.29, 1.82) is 0 Å². The molecule has 29 heavy (non-hydrogen) atoms. The Bertz CT molecular complexity index is 1110. The number of nitrogens with zero attached hydrogens (tertiary/aromatic N) is 4. The molecule has 0 bridgehead atoms. The van der Waals surface area contributed by atoms with E-state index in [1.165, 1.54) is 6.20 Å². The summed E-state index contributed by atoms with van der Waals surface area (Å²) in [6.07, 6.45) is 8.47. The number of hydrogen-bond acceptors (Lipinski definition) is 7. The van der Waals surface area contributed by atoms with Crippen LogP contribution in [0.15, 0.2) is 67.4 Å². The molecule has 8 heteroatoms. The number of aromatic amines is 1. The normalized spacial score (nSPS) is 10.6. The maximum Gasteiger partial charge on any atom is 0.187 e. The fourth-order valence-electron chi connectivity index (χ4n) is 2.86. The second-order valence-corrected chi connectivity index (χ2v) is 6.42. The van der Waals surface area contributed by atoms with Crippen LogP contribution in [0.2, 0.25) is 0 Å². The number of carbonyl (C=O) groups is 1. The summed E-state index contributed by atoms with van der Waals surface area (Å²) in [6.45, 7) is 0.475. The number of pyridine rings is 2. The van der Waals surface area contributed by atoms with Gasteiger partial charge in [-0.15, -0.1) is 0 Å². The number of ketones is 1. The van der Waals surface area contributed by atoms with E-state index in [0.29, 0.717) is 23.8 Å². The van der Waals surface area contributed by atoms with Crippen LogP contribution in [0.5, 0.6) is 0 Å². The van der Waals surface area contributed by atoms with Gasteiger partial charge in [-0.05, 0) is 42.0 Å². The molecule has 0 aromatic carbocycles. The van der Waals surface area contributed by atoms with Crippen molar-refractivity contribution in [3.05, 3.63) is 84.3 Å². The zero-order valence-corrected chi connectivity index (χ0v) is 15.5. The molecule has 4 N–H and O–H groups in total. The number of aromatic nitrogens is 5. The minimum absolute atomic E-state index is 0.0999. The largest absolute Gasteiger partial charge is 0.382 e. The first-order chi connectivity index (χ1) is 14.2. The van der Waals surface area contributed by atoms with Crippen LogP contribution in [0, 0.1) is 0 Å². The SMILES string of the molecule is Nc1ncccc1NCc1cc(CC(=O)c2cnc(-c3ccc[nH]3)cn2)ccn1. The molecule has 0 radical (unpaired) electrons. The molecule has 0 unspecified atom stereocenters. The van der Waals surface area contributed by atoms with Crippen LogP contribution in [0.25, 0.3) is 11.4 Å². The molecule has 0 aliphatic rings. The molecule has 4 rings (SSSR count). The highest BCUT2D eigenvalue weighted by atomic mass is 16.1. The number of nitrogens with two attached hydrogens (primary N) is 1. The molecule has 0 aliphatic carbocycles. The zero-order chi connectivity index (χ0) is 20.1. The number of hydrogen-bond donors (Lipinski definition) is 3. The van der Waals surface area contributed by atoms with Crippen LogP contribution < -0.4 is 11.1 Å². The Morgan fingerprint density at radius 3 is 2.72 bits per heavy atom. The Kier molecular flexibility index (Phi) is 5.24. The highest BCUT2D eigenvalue weighted by molar-refractivity contribution is 5.95. The lowest BCUT2D eigenvalue weighted by molar-refractivity contribution is 0.0988. The van der Waals surface area contributed by atoms with Crippen molar-refractivity contribution in [2.24, 2.45) is 0 Å². The van der Waals surface area contributed by atoms with Crippen molar-refractivity contribution < 1.29 is 4.79 Å². The molecular formula is C21H19N7O. The average Bonchev–Trinajstić information content (AvgIpc) is 3.28. The Balaban J connectivity index is 1.41. The second-order valence-electron chi connectivity index (χ2n) is 6.42. The Hall–Kier alpha value is -4.07. The Morgan fingerprint density at radius 2 is 1.97 bits per heavy atom. The molecule has 4 heterocycles. The fraction of sp³-hybridized carbons (Fsp3) is 0.0952. The number of nitrogen functional groups attached to an aromatic ring is 1. The standard InChI is InChI=1S/C21H19N7O/c22-21-17(4-2-7-25-21)26-11-15-9-14(5-8-23-15)10-20(29)19-13-27-18(12-28-19)16-3-1-6-24-16/h1-9,12-13,24,26H,10-11H2,(H2,22,25). The summed E-state index contributed by atoms with van der Waals surface area (Å²) in [5.74, 6) is 0.331. The van der Waals surface area contributed by atoms with E-state index in [0.717, 1.165) is 22.6 Å². The average molecular weight is 385 g/mol. The van der Waals surface area contributed by atoms with E-state index >= 15 is 0 Å². The first-order valence-corrected chi connectivity index (χ1v) is 9.06. The molecule has 144 valence electrons. The molecule has 0 aliphatic heterocycles. The summed E-state index contributed by atoms with van der Waals surface area (Å²) in [5, 5.41) is 3.20. The smallest absolute Gasteiger partial charge is 0.187 e. The van der Waals surface area contributed by atoms with Crippen molar-refractivity contribution in [3.8, 4) is 11.4 Å². The van der Waals surface area contributed by atoms with Gasteiger partial charge >= 0.3 is 0 Å². The molecule has 0 atom stereocenters. The van der Waals surface area contributed by atoms with E-state index in [1.807, 2.05) is 42.6 Å². The van der Waals surface area contributed by atoms with Crippen molar-refractivity contribution in [2.75, 3.05) is 11.1 Å². The van der Waals surface area contributed by atoms with Crippen molar-refractivity contribution >= 4 is 17.3 Å². The topological polar surface area (TPSA) is 122 Å². The van der Waals surface area contributed by atoms with Crippen LogP contribution in [0.1, 0.15) is 21.7 Å². The maximum absolute atomic E-state index is 12.6. The zero-order valence-electron chi connectivity index (χ0n) is 15.5. The minimum Gasteiger partial charge on any atom is -0.382 e. The second kappa shape index (κ2) is 8.30.